The Hall–Kier alpha value is -3.36. The molecule has 1 aliphatic carbocycles. The van der Waals surface area contributed by atoms with Crippen LogP contribution in [0.3, 0.4) is 0 Å². The van der Waals surface area contributed by atoms with Gasteiger partial charge in [-0.25, -0.2) is 0 Å². The summed E-state index contributed by atoms with van der Waals surface area (Å²) in [6.07, 6.45) is 7.76. The maximum atomic E-state index is 3.96. The Kier molecular flexibility index (Phi) is 6.26. The second-order valence-electron chi connectivity index (χ2n) is 8.98. The smallest absolute Gasteiger partial charge is 0.0723 e. The Bertz CT molecular complexity index is 1270. The highest BCUT2D eigenvalue weighted by Gasteiger charge is 2.27. The highest BCUT2D eigenvalue weighted by Crippen LogP contribution is 2.42. The minimum Gasteiger partial charge on any atom is -0.311 e. The summed E-state index contributed by atoms with van der Waals surface area (Å²) in [7, 11) is 0. The number of allylic oxidation sites excluding steroid dienone is 4. The third-order valence-corrected chi connectivity index (χ3v) is 7.49. The van der Waals surface area contributed by atoms with E-state index in [-0.39, 0.29) is 4.32 Å². The van der Waals surface area contributed by atoms with Crippen molar-refractivity contribution in [2.24, 2.45) is 0 Å². The van der Waals surface area contributed by atoms with Crippen LogP contribution in [0, 0.1) is 13.8 Å². The minimum absolute atomic E-state index is 0.134. The molecule has 0 spiro atoms. The molecule has 0 saturated heterocycles. The third kappa shape index (κ3) is 4.64. The molecule has 0 aliphatic heterocycles. The van der Waals surface area contributed by atoms with Gasteiger partial charge in [0.25, 0.3) is 0 Å². The fraction of sp³-hybridized carbons (Fsp3) is 0.125. The molecular weight excluding hydrogens is 478 g/mol. The first-order valence-corrected chi connectivity index (χ1v) is 12.5. The van der Waals surface area contributed by atoms with Crippen LogP contribution in [-0.2, 0) is 4.32 Å². The molecule has 0 N–H and O–H groups in total. The molecule has 1 nitrogen and oxygen atoms in total. The lowest BCUT2D eigenvalue weighted by atomic mass is 9.88. The van der Waals surface area contributed by atoms with Gasteiger partial charge in [0.15, 0.2) is 0 Å². The lowest BCUT2D eigenvalue weighted by molar-refractivity contribution is 0.800. The summed E-state index contributed by atoms with van der Waals surface area (Å²) in [6.45, 7) is 4.25. The van der Waals surface area contributed by atoms with Gasteiger partial charge in [0.2, 0.25) is 0 Å². The zero-order valence-electron chi connectivity index (χ0n) is 19.6. The maximum Gasteiger partial charge on any atom is 0.0723 e. The first-order chi connectivity index (χ1) is 16.5. The summed E-state index contributed by atoms with van der Waals surface area (Å²) < 4.78 is -0.134. The highest BCUT2D eigenvalue weighted by atomic mass is 79.9. The largest absolute Gasteiger partial charge is 0.311 e. The van der Waals surface area contributed by atoms with Crippen molar-refractivity contribution in [3.8, 4) is 0 Å². The highest BCUT2D eigenvalue weighted by molar-refractivity contribution is 9.09. The van der Waals surface area contributed by atoms with Crippen LogP contribution in [0.2, 0.25) is 0 Å². The molecule has 0 aromatic heterocycles. The van der Waals surface area contributed by atoms with Crippen molar-refractivity contribution in [1.82, 2.24) is 0 Å². The number of hydrogen-bond acceptors (Lipinski definition) is 1. The number of rotatable bonds is 5. The SMILES string of the molecule is Cc1ccc(N(c2ccc(C)cc2)c2ccc(C3=CCC(Br)(c4ccccc4)C=C3)cc2)cc1. The van der Waals surface area contributed by atoms with Crippen LogP contribution < -0.4 is 4.90 Å². The predicted octanol–water partition coefficient (Wildman–Crippen LogP) is 9.41. The van der Waals surface area contributed by atoms with Crippen LogP contribution >= 0.6 is 15.9 Å². The van der Waals surface area contributed by atoms with Gasteiger partial charge in [-0.05, 0) is 73.4 Å². The van der Waals surface area contributed by atoms with Gasteiger partial charge in [-0.2, -0.15) is 0 Å². The second-order valence-corrected chi connectivity index (χ2v) is 10.4. The first-order valence-electron chi connectivity index (χ1n) is 11.7. The standard InChI is InChI=1S/C32H28BrN/c1-24-8-14-29(15-9-24)34(30-16-10-25(2)11-17-30)31-18-12-26(13-19-31)27-20-22-32(33,23-21-27)28-6-4-3-5-7-28/h3-22H,23H2,1-2H3. The van der Waals surface area contributed by atoms with Gasteiger partial charge in [0, 0.05) is 17.1 Å². The van der Waals surface area contributed by atoms with E-state index < -0.39 is 0 Å². The van der Waals surface area contributed by atoms with Gasteiger partial charge in [0.05, 0.1) is 4.32 Å². The molecule has 1 aliphatic rings. The Morgan fingerprint density at radius 2 is 1.15 bits per heavy atom. The number of aryl methyl sites for hydroxylation is 2. The van der Waals surface area contributed by atoms with Crippen molar-refractivity contribution in [2.75, 3.05) is 4.90 Å². The number of halogens is 1. The summed E-state index contributed by atoms with van der Waals surface area (Å²) in [5.74, 6) is 0. The summed E-state index contributed by atoms with van der Waals surface area (Å²) >= 11 is 3.96. The van der Waals surface area contributed by atoms with Gasteiger partial charge >= 0.3 is 0 Å². The van der Waals surface area contributed by atoms with Crippen molar-refractivity contribution >= 4 is 38.6 Å². The Morgan fingerprint density at radius 3 is 1.62 bits per heavy atom. The molecule has 2 heteroatoms. The van der Waals surface area contributed by atoms with Gasteiger partial charge in [-0.15, -0.1) is 0 Å². The van der Waals surface area contributed by atoms with Crippen molar-refractivity contribution in [2.45, 2.75) is 24.6 Å². The molecule has 5 rings (SSSR count). The molecule has 0 radical (unpaired) electrons. The molecule has 0 bridgehead atoms. The van der Waals surface area contributed by atoms with Crippen LogP contribution in [0.4, 0.5) is 17.1 Å². The van der Waals surface area contributed by atoms with Gasteiger partial charge in [-0.1, -0.05) is 112 Å². The summed E-state index contributed by atoms with van der Waals surface area (Å²) in [5.41, 5.74) is 9.76. The molecule has 1 atom stereocenters. The molecule has 0 fully saturated rings. The molecule has 4 aromatic carbocycles. The van der Waals surface area contributed by atoms with Crippen molar-refractivity contribution in [3.63, 3.8) is 0 Å². The molecule has 34 heavy (non-hydrogen) atoms. The predicted molar refractivity (Wildman–Crippen MR) is 149 cm³/mol. The number of benzene rings is 4. The Labute approximate surface area is 211 Å². The van der Waals surface area contributed by atoms with Gasteiger partial charge in [-0.3, -0.25) is 0 Å². The number of anilines is 3. The molecule has 4 aromatic rings. The number of alkyl halides is 1. The van der Waals surface area contributed by atoms with E-state index in [4.69, 9.17) is 0 Å². The molecule has 0 amide bonds. The normalized spacial score (nSPS) is 17.3. The topological polar surface area (TPSA) is 3.24 Å². The minimum atomic E-state index is -0.134. The van der Waals surface area contributed by atoms with Crippen molar-refractivity contribution in [3.05, 3.63) is 144 Å². The Morgan fingerprint density at radius 1 is 0.647 bits per heavy atom. The third-order valence-electron chi connectivity index (χ3n) is 6.44. The molecular formula is C32H28BrN. The fourth-order valence-corrected chi connectivity index (χ4v) is 4.96. The van der Waals surface area contributed by atoms with E-state index in [1.54, 1.807) is 0 Å². The first kappa shape index (κ1) is 22.4. The zero-order chi connectivity index (χ0) is 23.5. The molecule has 0 heterocycles. The van der Waals surface area contributed by atoms with Crippen LogP contribution in [-0.4, -0.2) is 0 Å². The molecule has 168 valence electrons. The van der Waals surface area contributed by atoms with Crippen LogP contribution in [0.1, 0.15) is 28.7 Å². The summed E-state index contributed by atoms with van der Waals surface area (Å²) in [6, 6.07) is 36.9. The van der Waals surface area contributed by atoms with E-state index in [1.807, 2.05) is 0 Å². The van der Waals surface area contributed by atoms with Crippen LogP contribution in [0.15, 0.2) is 121 Å². The van der Waals surface area contributed by atoms with E-state index in [9.17, 15) is 0 Å². The molecule has 1 unspecified atom stereocenters. The van der Waals surface area contributed by atoms with Crippen molar-refractivity contribution in [1.29, 1.82) is 0 Å². The lowest BCUT2D eigenvalue weighted by Crippen LogP contribution is -2.16. The Balaban J connectivity index is 1.43. The number of nitrogens with zero attached hydrogens (tertiary/aromatic N) is 1. The van der Waals surface area contributed by atoms with E-state index >= 15 is 0 Å². The van der Waals surface area contributed by atoms with E-state index in [1.165, 1.54) is 27.8 Å². The van der Waals surface area contributed by atoms with Gasteiger partial charge < -0.3 is 4.90 Å². The van der Waals surface area contributed by atoms with Crippen LogP contribution in [0.25, 0.3) is 5.57 Å². The monoisotopic (exact) mass is 505 g/mol. The van der Waals surface area contributed by atoms with Crippen LogP contribution in [0.5, 0.6) is 0 Å². The van der Waals surface area contributed by atoms with Gasteiger partial charge in [0.1, 0.15) is 0 Å². The quantitative estimate of drug-likeness (QED) is 0.244. The number of hydrogen-bond donors (Lipinski definition) is 0. The molecule has 0 saturated carbocycles. The van der Waals surface area contributed by atoms with E-state index in [0.29, 0.717) is 0 Å². The second kappa shape index (κ2) is 9.48. The van der Waals surface area contributed by atoms with Crippen molar-refractivity contribution < 1.29 is 0 Å². The average molecular weight is 506 g/mol. The maximum absolute atomic E-state index is 3.96. The van der Waals surface area contributed by atoms with E-state index in [0.717, 1.165) is 23.5 Å². The van der Waals surface area contributed by atoms with E-state index in [2.05, 4.69) is 156 Å². The average Bonchev–Trinajstić information content (AvgIpc) is 2.88. The zero-order valence-corrected chi connectivity index (χ0v) is 21.2. The fourth-order valence-electron chi connectivity index (χ4n) is 4.40. The summed E-state index contributed by atoms with van der Waals surface area (Å²) in [4.78, 5) is 2.31. The summed E-state index contributed by atoms with van der Waals surface area (Å²) in [5, 5.41) is 0. The lowest BCUT2D eigenvalue weighted by Gasteiger charge is -2.27.